The van der Waals surface area contributed by atoms with Gasteiger partial charge in [0.2, 0.25) is 0 Å². The van der Waals surface area contributed by atoms with Crippen LogP contribution in [0.5, 0.6) is 0 Å². The minimum atomic E-state index is -4.15. The van der Waals surface area contributed by atoms with Crippen molar-refractivity contribution in [2.75, 3.05) is 19.7 Å². The van der Waals surface area contributed by atoms with Gasteiger partial charge in [0.15, 0.2) is 0 Å². The van der Waals surface area contributed by atoms with Crippen LogP contribution in [0.15, 0.2) is 0 Å². The minimum Gasteiger partial charge on any atom is -0.389 e. The van der Waals surface area contributed by atoms with E-state index in [0.717, 1.165) is 0 Å². The lowest BCUT2D eigenvalue weighted by molar-refractivity contribution is -0.133. The van der Waals surface area contributed by atoms with Crippen LogP contribution >= 0.6 is 0 Å². The van der Waals surface area contributed by atoms with Gasteiger partial charge in [-0.05, 0) is 20.8 Å². The second-order valence-corrected chi connectivity index (χ2v) is 4.65. The number of hydrogen-bond acceptors (Lipinski definition) is 3. The molecule has 0 aromatic rings. The molecule has 0 fully saturated rings. The Morgan fingerprint density at radius 1 is 1.25 bits per heavy atom. The van der Waals surface area contributed by atoms with E-state index in [9.17, 15) is 18.3 Å². The number of alkyl halides is 3. The zero-order valence-electron chi connectivity index (χ0n) is 9.90. The number of hydrogen-bond donors (Lipinski definition) is 2. The van der Waals surface area contributed by atoms with Gasteiger partial charge in [0, 0.05) is 13.1 Å². The molecule has 0 rings (SSSR count). The maximum Gasteiger partial charge on any atom is 0.390 e. The monoisotopic (exact) mass is 243 g/mol. The van der Waals surface area contributed by atoms with Gasteiger partial charge in [-0.1, -0.05) is 0 Å². The first-order valence-corrected chi connectivity index (χ1v) is 5.20. The Kier molecular flexibility index (Phi) is 6.28. The molecule has 0 aromatic carbocycles. The summed E-state index contributed by atoms with van der Waals surface area (Å²) in [5.74, 6) is 0. The molecule has 0 saturated carbocycles. The molecule has 0 aliphatic rings. The average molecular weight is 243 g/mol. The van der Waals surface area contributed by atoms with Crippen molar-refractivity contribution in [3.63, 3.8) is 0 Å². The molecule has 0 aliphatic carbocycles. The predicted molar refractivity (Wildman–Crippen MR) is 55.3 cm³/mol. The van der Waals surface area contributed by atoms with E-state index in [0.29, 0.717) is 0 Å². The molecule has 3 nitrogen and oxygen atoms in total. The smallest absolute Gasteiger partial charge is 0.389 e. The normalized spacial score (nSPS) is 15.2. The molecule has 0 amide bonds. The number of nitrogens with one attached hydrogen (secondary N) is 1. The summed E-state index contributed by atoms with van der Waals surface area (Å²) >= 11 is 0. The van der Waals surface area contributed by atoms with Crippen LogP contribution in [0.4, 0.5) is 13.2 Å². The Morgan fingerprint density at radius 2 is 1.81 bits per heavy atom. The van der Waals surface area contributed by atoms with E-state index in [2.05, 4.69) is 5.32 Å². The van der Waals surface area contributed by atoms with E-state index in [-0.39, 0.29) is 25.3 Å². The zero-order chi connectivity index (χ0) is 12.8. The highest BCUT2D eigenvalue weighted by molar-refractivity contribution is 4.64. The Balaban J connectivity index is 3.48. The van der Waals surface area contributed by atoms with Crippen LogP contribution in [0.1, 0.15) is 27.2 Å². The maximum atomic E-state index is 11.8. The molecule has 98 valence electrons. The van der Waals surface area contributed by atoms with Gasteiger partial charge in [0.05, 0.1) is 24.7 Å². The molecule has 0 aromatic heterocycles. The van der Waals surface area contributed by atoms with Crippen molar-refractivity contribution in [2.24, 2.45) is 0 Å². The van der Waals surface area contributed by atoms with Crippen LogP contribution in [-0.4, -0.2) is 42.7 Å². The highest BCUT2D eigenvalue weighted by Gasteiger charge is 2.26. The standard InChI is InChI=1S/C10H20F3NO2/c1-9(2,3)16-7-8(15)6-14-5-4-10(11,12)13/h8,14-15H,4-7H2,1-3H3. The van der Waals surface area contributed by atoms with Crippen LogP contribution in [0.3, 0.4) is 0 Å². The summed E-state index contributed by atoms with van der Waals surface area (Å²) in [5, 5.41) is 11.9. The van der Waals surface area contributed by atoms with E-state index in [1.165, 1.54) is 0 Å². The molecular formula is C10H20F3NO2. The quantitative estimate of drug-likeness (QED) is 0.698. The van der Waals surface area contributed by atoms with Crippen LogP contribution < -0.4 is 5.32 Å². The Labute approximate surface area is 94.0 Å². The van der Waals surface area contributed by atoms with Gasteiger partial charge in [0.25, 0.3) is 0 Å². The molecule has 16 heavy (non-hydrogen) atoms. The second-order valence-electron chi connectivity index (χ2n) is 4.65. The lowest BCUT2D eigenvalue weighted by Gasteiger charge is -2.22. The van der Waals surface area contributed by atoms with E-state index < -0.39 is 18.7 Å². The van der Waals surface area contributed by atoms with Crippen molar-refractivity contribution in [1.29, 1.82) is 0 Å². The van der Waals surface area contributed by atoms with Crippen LogP contribution in [-0.2, 0) is 4.74 Å². The second kappa shape index (κ2) is 6.42. The molecule has 0 saturated heterocycles. The lowest BCUT2D eigenvalue weighted by Crippen LogP contribution is -2.35. The lowest BCUT2D eigenvalue weighted by atomic mass is 10.2. The summed E-state index contributed by atoms with van der Waals surface area (Å²) < 4.78 is 40.5. The summed E-state index contributed by atoms with van der Waals surface area (Å²) in [4.78, 5) is 0. The molecule has 0 radical (unpaired) electrons. The van der Waals surface area contributed by atoms with E-state index in [1.54, 1.807) is 0 Å². The van der Waals surface area contributed by atoms with Crippen LogP contribution in [0.2, 0.25) is 0 Å². The fraction of sp³-hybridized carbons (Fsp3) is 1.00. The van der Waals surface area contributed by atoms with Gasteiger partial charge in [0.1, 0.15) is 0 Å². The van der Waals surface area contributed by atoms with Crippen LogP contribution in [0.25, 0.3) is 0 Å². The first-order valence-electron chi connectivity index (χ1n) is 5.20. The SMILES string of the molecule is CC(C)(C)OCC(O)CNCCC(F)(F)F. The third-order valence-corrected chi connectivity index (χ3v) is 1.67. The Bertz CT molecular complexity index is 189. The number of halogens is 3. The molecule has 6 heteroatoms. The largest absolute Gasteiger partial charge is 0.390 e. The summed E-state index contributed by atoms with van der Waals surface area (Å²) in [6.07, 6.45) is -5.83. The summed E-state index contributed by atoms with van der Waals surface area (Å²) in [6, 6.07) is 0. The van der Waals surface area contributed by atoms with Gasteiger partial charge in [-0.15, -0.1) is 0 Å². The third kappa shape index (κ3) is 11.7. The van der Waals surface area contributed by atoms with Crippen molar-refractivity contribution < 1.29 is 23.0 Å². The minimum absolute atomic E-state index is 0.103. The fourth-order valence-corrected chi connectivity index (χ4v) is 0.904. The van der Waals surface area contributed by atoms with Gasteiger partial charge in [-0.3, -0.25) is 0 Å². The van der Waals surface area contributed by atoms with Crippen molar-refractivity contribution in [2.45, 2.75) is 45.1 Å². The summed E-state index contributed by atoms with van der Waals surface area (Å²) in [7, 11) is 0. The van der Waals surface area contributed by atoms with Gasteiger partial charge >= 0.3 is 6.18 Å². The molecule has 0 heterocycles. The van der Waals surface area contributed by atoms with Crippen molar-refractivity contribution in [3.05, 3.63) is 0 Å². The summed E-state index contributed by atoms with van der Waals surface area (Å²) in [6.45, 7) is 5.56. The van der Waals surface area contributed by atoms with Crippen molar-refractivity contribution in [3.8, 4) is 0 Å². The van der Waals surface area contributed by atoms with Crippen molar-refractivity contribution >= 4 is 0 Å². The highest BCUT2D eigenvalue weighted by atomic mass is 19.4. The number of aliphatic hydroxyl groups excluding tert-OH is 1. The predicted octanol–water partition coefficient (Wildman–Crippen LogP) is 1.70. The molecule has 1 atom stereocenters. The molecule has 0 aliphatic heterocycles. The van der Waals surface area contributed by atoms with Gasteiger partial charge in [-0.2, -0.15) is 13.2 Å². The fourth-order valence-electron chi connectivity index (χ4n) is 0.904. The Hall–Kier alpha value is -0.330. The average Bonchev–Trinajstić information content (AvgIpc) is 2.06. The third-order valence-electron chi connectivity index (χ3n) is 1.67. The van der Waals surface area contributed by atoms with Crippen LogP contribution in [0, 0.1) is 0 Å². The van der Waals surface area contributed by atoms with E-state index in [1.807, 2.05) is 20.8 Å². The number of rotatable bonds is 6. The first-order chi connectivity index (χ1) is 7.10. The number of ether oxygens (including phenoxy) is 1. The molecule has 1 unspecified atom stereocenters. The highest BCUT2D eigenvalue weighted by Crippen LogP contribution is 2.18. The van der Waals surface area contributed by atoms with Gasteiger partial charge < -0.3 is 15.2 Å². The molecule has 2 N–H and O–H groups in total. The van der Waals surface area contributed by atoms with E-state index in [4.69, 9.17) is 4.74 Å². The van der Waals surface area contributed by atoms with Crippen molar-refractivity contribution in [1.82, 2.24) is 5.32 Å². The molecular weight excluding hydrogens is 223 g/mol. The first kappa shape index (κ1) is 15.7. The molecule has 0 spiro atoms. The Morgan fingerprint density at radius 3 is 2.25 bits per heavy atom. The topological polar surface area (TPSA) is 41.5 Å². The maximum absolute atomic E-state index is 11.8. The van der Waals surface area contributed by atoms with Gasteiger partial charge in [-0.25, -0.2) is 0 Å². The molecule has 0 bridgehead atoms. The summed E-state index contributed by atoms with van der Waals surface area (Å²) in [5.41, 5.74) is -0.354. The zero-order valence-corrected chi connectivity index (χ0v) is 9.90. The van der Waals surface area contributed by atoms with E-state index >= 15 is 0 Å². The number of aliphatic hydroxyl groups is 1.